The van der Waals surface area contributed by atoms with Gasteiger partial charge in [0.15, 0.2) is 5.78 Å². The van der Waals surface area contributed by atoms with Gasteiger partial charge in [-0.25, -0.2) is 0 Å². The Labute approximate surface area is 109 Å². The van der Waals surface area contributed by atoms with Crippen LogP contribution in [0.5, 0.6) is 0 Å². The standard InChI is InChI=1S/C15H22N2O/c1-4-16-9-10-17(11-12(16)2)15-7-5-14(6-8-15)13(3)18/h5-8,12H,4,9-11H2,1-3H3. The molecule has 1 aliphatic rings. The van der Waals surface area contributed by atoms with E-state index in [0.29, 0.717) is 6.04 Å². The number of hydrogen-bond donors (Lipinski definition) is 0. The van der Waals surface area contributed by atoms with Gasteiger partial charge in [-0.1, -0.05) is 6.92 Å². The second-order valence-electron chi connectivity index (χ2n) is 5.03. The SMILES string of the molecule is CCN1CCN(c2ccc(C(C)=O)cc2)CC1C. The van der Waals surface area contributed by atoms with E-state index in [1.54, 1.807) is 6.92 Å². The maximum atomic E-state index is 11.2. The molecule has 0 saturated carbocycles. The number of likely N-dealkylation sites (N-methyl/N-ethyl adjacent to an activating group) is 1. The van der Waals surface area contributed by atoms with E-state index in [4.69, 9.17) is 0 Å². The van der Waals surface area contributed by atoms with Crippen molar-refractivity contribution in [1.29, 1.82) is 0 Å². The molecule has 0 aromatic heterocycles. The third kappa shape index (κ3) is 2.72. The van der Waals surface area contributed by atoms with E-state index in [2.05, 4.69) is 35.8 Å². The van der Waals surface area contributed by atoms with Gasteiger partial charge in [-0.2, -0.15) is 0 Å². The van der Waals surface area contributed by atoms with E-state index in [0.717, 1.165) is 31.7 Å². The highest BCUT2D eigenvalue weighted by Gasteiger charge is 2.22. The molecule has 1 heterocycles. The van der Waals surface area contributed by atoms with Crippen molar-refractivity contribution in [3.63, 3.8) is 0 Å². The lowest BCUT2D eigenvalue weighted by Crippen LogP contribution is -2.51. The minimum absolute atomic E-state index is 0.130. The molecule has 0 bridgehead atoms. The molecule has 18 heavy (non-hydrogen) atoms. The number of anilines is 1. The third-order valence-corrected chi connectivity index (χ3v) is 3.81. The number of rotatable bonds is 3. The third-order valence-electron chi connectivity index (χ3n) is 3.81. The van der Waals surface area contributed by atoms with Crippen molar-refractivity contribution < 1.29 is 4.79 Å². The molecule has 3 nitrogen and oxygen atoms in total. The molecule has 0 aliphatic carbocycles. The van der Waals surface area contributed by atoms with Crippen LogP contribution in [0.3, 0.4) is 0 Å². The first-order valence-electron chi connectivity index (χ1n) is 6.71. The van der Waals surface area contributed by atoms with E-state index >= 15 is 0 Å². The Morgan fingerprint density at radius 3 is 2.44 bits per heavy atom. The number of hydrogen-bond acceptors (Lipinski definition) is 3. The van der Waals surface area contributed by atoms with E-state index in [9.17, 15) is 4.79 Å². The van der Waals surface area contributed by atoms with Gasteiger partial charge in [0.2, 0.25) is 0 Å². The number of benzene rings is 1. The molecule has 0 amide bonds. The van der Waals surface area contributed by atoms with Crippen molar-refractivity contribution in [3.8, 4) is 0 Å². The van der Waals surface area contributed by atoms with Gasteiger partial charge in [0.05, 0.1) is 0 Å². The number of carbonyl (C=O) groups excluding carboxylic acids is 1. The fourth-order valence-electron chi connectivity index (χ4n) is 2.61. The molecule has 1 unspecified atom stereocenters. The summed E-state index contributed by atoms with van der Waals surface area (Å²) in [6.07, 6.45) is 0. The van der Waals surface area contributed by atoms with Gasteiger partial charge in [0.25, 0.3) is 0 Å². The molecule has 0 radical (unpaired) electrons. The van der Waals surface area contributed by atoms with Crippen LogP contribution in [0.4, 0.5) is 5.69 Å². The lowest BCUT2D eigenvalue weighted by atomic mass is 10.1. The van der Waals surface area contributed by atoms with Crippen molar-refractivity contribution >= 4 is 11.5 Å². The monoisotopic (exact) mass is 246 g/mol. The Bertz CT molecular complexity index is 413. The fraction of sp³-hybridized carbons (Fsp3) is 0.533. The molecule has 1 aliphatic heterocycles. The Morgan fingerprint density at radius 1 is 1.28 bits per heavy atom. The van der Waals surface area contributed by atoms with Crippen LogP contribution in [0.2, 0.25) is 0 Å². The Morgan fingerprint density at radius 2 is 1.94 bits per heavy atom. The molecule has 98 valence electrons. The smallest absolute Gasteiger partial charge is 0.159 e. The van der Waals surface area contributed by atoms with Crippen LogP contribution >= 0.6 is 0 Å². The molecule has 1 atom stereocenters. The Hall–Kier alpha value is -1.35. The largest absolute Gasteiger partial charge is 0.369 e. The second-order valence-corrected chi connectivity index (χ2v) is 5.03. The van der Waals surface area contributed by atoms with Gasteiger partial charge in [-0.05, 0) is 44.7 Å². The first-order chi connectivity index (χ1) is 8.61. The molecule has 1 fully saturated rings. The first kappa shape index (κ1) is 13.1. The highest BCUT2D eigenvalue weighted by molar-refractivity contribution is 5.94. The normalized spacial score (nSPS) is 21.1. The average Bonchev–Trinajstić information content (AvgIpc) is 2.38. The summed E-state index contributed by atoms with van der Waals surface area (Å²) in [5, 5.41) is 0. The highest BCUT2D eigenvalue weighted by atomic mass is 16.1. The van der Waals surface area contributed by atoms with Crippen LogP contribution in [0.1, 0.15) is 31.1 Å². The zero-order valence-corrected chi connectivity index (χ0v) is 11.5. The number of ketones is 1. The fourth-order valence-corrected chi connectivity index (χ4v) is 2.61. The predicted molar refractivity (Wildman–Crippen MR) is 75.4 cm³/mol. The molecular formula is C15H22N2O. The van der Waals surface area contributed by atoms with E-state index in [-0.39, 0.29) is 5.78 Å². The van der Waals surface area contributed by atoms with Gasteiger partial charge in [0.1, 0.15) is 0 Å². The van der Waals surface area contributed by atoms with E-state index in [1.165, 1.54) is 5.69 Å². The van der Waals surface area contributed by atoms with E-state index < -0.39 is 0 Å². The average molecular weight is 246 g/mol. The summed E-state index contributed by atoms with van der Waals surface area (Å²) >= 11 is 0. The number of Topliss-reactive ketones (excluding diaryl/α,β-unsaturated/α-hetero) is 1. The van der Waals surface area contributed by atoms with E-state index in [1.807, 2.05) is 12.1 Å². The Balaban J connectivity index is 2.06. The summed E-state index contributed by atoms with van der Waals surface area (Å²) in [4.78, 5) is 16.2. The molecule has 1 saturated heterocycles. The van der Waals surface area contributed by atoms with Crippen molar-refractivity contribution in [1.82, 2.24) is 4.90 Å². The molecular weight excluding hydrogens is 224 g/mol. The lowest BCUT2D eigenvalue weighted by Gasteiger charge is -2.40. The maximum Gasteiger partial charge on any atom is 0.159 e. The van der Waals surface area contributed by atoms with Crippen LogP contribution in [0.15, 0.2) is 24.3 Å². The first-order valence-corrected chi connectivity index (χ1v) is 6.71. The quantitative estimate of drug-likeness (QED) is 0.765. The summed E-state index contributed by atoms with van der Waals surface area (Å²) in [6.45, 7) is 10.5. The summed E-state index contributed by atoms with van der Waals surface area (Å²) in [5.74, 6) is 0.130. The summed E-state index contributed by atoms with van der Waals surface area (Å²) < 4.78 is 0. The van der Waals surface area contributed by atoms with Crippen LogP contribution in [-0.4, -0.2) is 42.9 Å². The van der Waals surface area contributed by atoms with Crippen molar-refractivity contribution in [2.45, 2.75) is 26.8 Å². The minimum atomic E-state index is 0.130. The zero-order chi connectivity index (χ0) is 13.1. The van der Waals surface area contributed by atoms with Crippen molar-refractivity contribution in [3.05, 3.63) is 29.8 Å². The van der Waals surface area contributed by atoms with Crippen LogP contribution in [0, 0.1) is 0 Å². The lowest BCUT2D eigenvalue weighted by molar-refractivity contribution is 0.101. The number of nitrogens with zero attached hydrogens (tertiary/aromatic N) is 2. The van der Waals surface area contributed by atoms with Gasteiger partial charge in [-0.15, -0.1) is 0 Å². The highest BCUT2D eigenvalue weighted by Crippen LogP contribution is 2.19. The van der Waals surface area contributed by atoms with Gasteiger partial charge in [0, 0.05) is 36.9 Å². The molecule has 1 aromatic carbocycles. The van der Waals surface area contributed by atoms with Gasteiger partial charge < -0.3 is 4.90 Å². The van der Waals surface area contributed by atoms with Crippen LogP contribution in [-0.2, 0) is 0 Å². The Kier molecular flexibility index (Phi) is 4.02. The van der Waals surface area contributed by atoms with Crippen molar-refractivity contribution in [2.24, 2.45) is 0 Å². The maximum absolute atomic E-state index is 11.2. The summed E-state index contributed by atoms with van der Waals surface area (Å²) in [6, 6.07) is 8.57. The number of piperazine rings is 1. The molecule has 0 N–H and O–H groups in total. The van der Waals surface area contributed by atoms with Crippen LogP contribution < -0.4 is 4.90 Å². The molecule has 1 aromatic rings. The summed E-state index contributed by atoms with van der Waals surface area (Å²) in [7, 11) is 0. The second kappa shape index (κ2) is 5.53. The van der Waals surface area contributed by atoms with Gasteiger partial charge >= 0.3 is 0 Å². The molecule has 3 heteroatoms. The zero-order valence-electron chi connectivity index (χ0n) is 11.5. The predicted octanol–water partition coefficient (Wildman–Crippen LogP) is 2.42. The van der Waals surface area contributed by atoms with Crippen molar-refractivity contribution in [2.75, 3.05) is 31.1 Å². The minimum Gasteiger partial charge on any atom is -0.369 e. The topological polar surface area (TPSA) is 23.6 Å². The molecule has 2 rings (SSSR count). The van der Waals surface area contributed by atoms with Gasteiger partial charge in [-0.3, -0.25) is 9.69 Å². The summed E-state index contributed by atoms with van der Waals surface area (Å²) in [5.41, 5.74) is 2.02. The van der Waals surface area contributed by atoms with Crippen LogP contribution in [0.25, 0.3) is 0 Å². The molecule has 0 spiro atoms. The number of carbonyl (C=O) groups is 1.